The number of carbonyl (C=O) groups excluding carboxylic acids is 1. The number of carbonyl (C=O) groups is 1. The van der Waals surface area contributed by atoms with Crippen molar-refractivity contribution in [3.63, 3.8) is 0 Å². The molecule has 1 unspecified atom stereocenters. The van der Waals surface area contributed by atoms with Crippen molar-refractivity contribution in [3.8, 4) is 11.8 Å². The van der Waals surface area contributed by atoms with Crippen molar-refractivity contribution in [1.29, 1.82) is 5.26 Å². The highest BCUT2D eigenvalue weighted by Crippen LogP contribution is 2.16. The summed E-state index contributed by atoms with van der Waals surface area (Å²) in [4.78, 5) is 11.3. The van der Waals surface area contributed by atoms with Crippen LogP contribution in [0.5, 0.6) is 5.75 Å². The van der Waals surface area contributed by atoms with Crippen molar-refractivity contribution in [3.05, 3.63) is 29.8 Å². The third-order valence-corrected chi connectivity index (χ3v) is 2.55. The molecule has 0 aliphatic carbocycles. The summed E-state index contributed by atoms with van der Waals surface area (Å²) in [6, 6.07) is 9.57. The number of hydrogen-bond acceptors (Lipinski definition) is 4. The van der Waals surface area contributed by atoms with Crippen LogP contribution in [0.2, 0.25) is 0 Å². The van der Waals surface area contributed by atoms with Gasteiger partial charge in [-0.2, -0.15) is 5.26 Å². The Labute approximate surface area is 107 Å². The first-order valence-electron chi connectivity index (χ1n) is 5.68. The van der Waals surface area contributed by atoms with Crippen LogP contribution < -0.4 is 15.4 Å². The third kappa shape index (κ3) is 4.44. The minimum atomic E-state index is -0.183. The van der Waals surface area contributed by atoms with Crippen LogP contribution in [0.1, 0.15) is 18.5 Å². The van der Waals surface area contributed by atoms with Crippen LogP contribution in [0, 0.1) is 11.3 Å². The fraction of sp³-hybridized carbons (Fsp3) is 0.385. The number of hydrogen-bond donors (Lipinski definition) is 2. The average molecular weight is 247 g/mol. The standard InChI is InChI=1S/C13H17N3O2/c1-10(16-9-13(17)15-8-7-14)11-3-5-12(18-2)6-4-11/h3-6,10,16H,8-9H2,1-2H3,(H,15,17). The van der Waals surface area contributed by atoms with Crippen molar-refractivity contribution in [2.45, 2.75) is 13.0 Å². The molecule has 2 N–H and O–H groups in total. The van der Waals surface area contributed by atoms with E-state index in [2.05, 4.69) is 10.6 Å². The van der Waals surface area contributed by atoms with Crippen molar-refractivity contribution in [2.75, 3.05) is 20.2 Å². The van der Waals surface area contributed by atoms with E-state index in [1.165, 1.54) is 0 Å². The summed E-state index contributed by atoms with van der Waals surface area (Å²) in [6.07, 6.45) is 0. The first-order chi connectivity index (χ1) is 8.67. The summed E-state index contributed by atoms with van der Waals surface area (Å²) in [6.45, 7) is 2.20. The van der Waals surface area contributed by atoms with Gasteiger partial charge >= 0.3 is 0 Å². The number of benzene rings is 1. The van der Waals surface area contributed by atoms with Gasteiger partial charge in [0.2, 0.25) is 5.91 Å². The number of nitrogens with zero attached hydrogens (tertiary/aromatic N) is 1. The zero-order chi connectivity index (χ0) is 13.4. The second-order valence-corrected chi connectivity index (χ2v) is 3.81. The maximum atomic E-state index is 11.3. The minimum Gasteiger partial charge on any atom is -0.497 e. The molecule has 0 saturated heterocycles. The van der Waals surface area contributed by atoms with E-state index in [0.29, 0.717) is 0 Å². The molecule has 0 fully saturated rings. The zero-order valence-electron chi connectivity index (χ0n) is 10.6. The molecule has 1 aromatic rings. The van der Waals surface area contributed by atoms with E-state index >= 15 is 0 Å². The van der Waals surface area contributed by atoms with Gasteiger partial charge in [-0.05, 0) is 24.6 Å². The second kappa shape index (κ2) is 7.30. The third-order valence-electron chi connectivity index (χ3n) is 2.55. The Bertz CT molecular complexity index is 423. The average Bonchev–Trinajstić information content (AvgIpc) is 2.42. The molecule has 0 spiro atoms. The summed E-state index contributed by atoms with van der Waals surface area (Å²) in [5, 5.41) is 13.9. The van der Waals surface area contributed by atoms with E-state index in [9.17, 15) is 4.79 Å². The molecule has 1 amide bonds. The largest absolute Gasteiger partial charge is 0.497 e. The predicted molar refractivity (Wildman–Crippen MR) is 68.0 cm³/mol. The molecule has 5 nitrogen and oxygen atoms in total. The van der Waals surface area contributed by atoms with Crippen LogP contribution in [-0.4, -0.2) is 26.1 Å². The monoisotopic (exact) mass is 247 g/mol. The van der Waals surface area contributed by atoms with Gasteiger partial charge in [0, 0.05) is 6.04 Å². The molecule has 96 valence electrons. The van der Waals surface area contributed by atoms with E-state index in [0.717, 1.165) is 11.3 Å². The van der Waals surface area contributed by atoms with Gasteiger partial charge in [0.15, 0.2) is 0 Å². The predicted octanol–water partition coefficient (Wildman–Crippen LogP) is 0.986. The fourth-order valence-electron chi connectivity index (χ4n) is 1.46. The van der Waals surface area contributed by atoms with Crippen molar-refractivity contribution in [2.24, 2.45) is 0 Å². The van der Waals surface area contributed by atoms with Crippen LogP contribution in [-0.2, 0) is 4.79 Å². The Hall–Kier alpha value is -2.06. The molecule has 18 heavy (non-hydrogen) atoms. The van der Waals surface area contributed by atoms with Crippen LogP contribution in [0.15, 0.2) is 24.3 Å². The zero-order valence-corrected chi connectivity index (χ0v) is 10.6. The highest BCUT2D eigenvalue weighted by Gasteiger charge is 2.07. The van der Waals surface area contributed by atoms with Gasteiger partial charge in [-0.15, -0.1) is 0 Å². The Balaban J connectivity index is 2.42. The molecule has 0 saturated carbocycles. The normalized spacial score (nSPS) is 11.4. The van der Waals surface area contributed by atoms with Crippen molar-refractivity contribution < 1.29 is 9.53 Å². The molecule has 0 heterocycles. The van der Waals surface area contributed by atoms with Crippen LogP contribution in [0.25, 0.3) is 0 Å². The Morgan fingerprint density at radius 1 is 1.44 bits per heavy atom. The highest BCUT2D eigenvalue weighted by molar-refractivity contribution is 5.78. The van der Waals surface area contributed by atoms with E-state index in [1.54, 1.807) is 7.11 Å². The summed E-state index contributed by atoms with van der Waals surface area (Å²) in [5.41, 5.74) is 1.07. The molecule has 5 heteroatoms. The quantitative estimate of drug-likeness (QED) is 0.735. The van der Waals surface area contributed by atoms with E-state index in [1.807, 2.05) is 37.3 Å². The summed E-state index contributed by atoms with van der Waals surface area (Å²) in [5.74, 6) is 0.620. The lowest BCUT2D eigenvalue weighted by Crippen LogP contribution is -2.35. The van der Waals surface area contributed by atoms with Gasteiger partial charge in [-0.1, -0.05) is 12.1 Å². The van der Waals surface area contributed by atoms with Gasteiger partial charge in [0.05, 0.1) is 19.7 Å². The molecule has 1 atom stereocenters. The molecular weight excluding hydrogens is 230 g/mol. The maximum Gasteiger partial charge on any atom is 0.234 e. The number of nitriles is 1. The van der Waals surface area contributed by atoms with Crippen LogP contribution in [0.4, 0.5) is 0 Å². The second-order valence-electron chi connectivity index (χ2n) is 3.81. The van der Waals surface area contributed by atoms with Gasteiger partial charge in [-0.3, -0.25) is 4.79 Å². The van der Waals surface area contributed by atoms with Crippen molar-refractivity contribution in [1.82, 2.24) is 10.6 Å². The lowest BCUT2D eigenvalue weighted by Gasteiger charge is -2.14. The van der Waals surface area contributed by atoms with E-state index < -0.39 is 0 Å². The fourth-order valence-corrected chi connectivity index (χ4v) is 1.46. The molecule has 0 aromatic heterocycles. The molecule has 1 rings (SSSR count). The highest BCUT2D eigenvalue weighted by atomic mass is 16.5. The van der Waals surface area contributed by atoms with Gasteiger partial charge in [0.25, 0.3) is 0 Å². The van der Waals surface area contributed by atoms with E-state index in [4.69, 9.17) is 10.00 Å². The van der Waals surface area contributed by atoms with Crippen molar-refractivity contribution >= 4 is 5.91 Å². The lowest BCUT2D eigenvalue weighted by atomic mass is 10.1. The summed E-state index contributed by atoms with van der Waals surface area (Å²) in [7, 11) is 1.62. The SMILES string of the molecule is COc1ccc(C(C)NCC(=O)NCC#N)cc1. The number of rotatable bonds is 6. The lowest BCUT2D eigenvalue weighted by molar-refractivity contribution is -0.120. The Morgan fingerprint density at radius 2 is 2.11 bits per heavy atom. The number of nitrogens with one attached hydrogen (secondary N) is 2. The minimum absolute atomic E-state index is 0.0391. The maximum absolute atomic E-state index is 11.3. The van der Waals surface area contributed by atoms with Gasteiger partial charge in [-0.25, -0.2) is 0 Å². The number of ether oxygens (including phenoxy) is 1. The summed E-state index contributed by atoms with van der Waals surface area (Å²) >= 11 is 0. The number of methoxy groups -OCH3 is 1. The smallest absolute Gasteiger partial charge is 0.234 e. The Kier molecular flexibility index (Phi) is 5.68. The molecule has 0 bridgehead atoms. The molecular formula is C13H17N3O2. The molecule has 0 radical (unpaired) electrons. The first-order valence-corrected chi connectivity index (χ1v) is 5.68. The van der Waals surface area contributed by atoms with Crippen LogP contribution >= 0.6 is 0 Å². The van der Waals surface area contributed by atoms with Crippen LogP contribution in [0.3, 0.4) is 0 Å². The molecule has 0 aliphatic rings. The number of amides is 1. The topological polar surface area (TPSA) is 74.2 Å². The van der Waals surface area contributed by atoms with Gasteiger partial charge in [0.1, 0.15) is 12.3 Å². The molecule has 0 aliphatic heterocycles. The summed E-state index contributed by atoms with van der Waals surface area (Å²) < 4.78 is 5.08. The molecule has 1 aromatic carbocycles. The first kappa shape index (κ1) is 14.0. The van der Waals surface area contributed by atoms with E-state index in [-0.39, 0.29) is 25.0 Å². The Morgan fingerprint density at radius 3 is 2.67 bits per heavy atom. The van der Waals surface area contributed by atoms with Gasteiger partial charge < -0.3 is 15.4 Å².